The molecule has 118 valence electrons. The molecule has 1 aromatic rings. The molecule has 0 bridgehead atoms. The van der Waals surface area contributed by atoms with E-state index >= 15 is 0 Å². The van der Waals surface area contributed by atoms with E-state index in [2.05, 4.69) is 0 Å². The molecule has 0 amide bonds. The number of benzene rings is 1. The molecule has 1 fully saturated rings. The number of aliphatic hydroxyl groups excluding tert-OH is 2. The van der Waals surface area contributed by atoms with Crippen molar-refractivity contribution < 1.29 is 19.7 Å². The van der Waals surface area contributed by atoms with Crippen LogP contribution in [-0.4, -0.2) is 36.3 Å². The molecule has 1 aliphatic carbocycles. The highest BCUT2D eigenvalue weighted by molar-refractivity contribution is 5.46. The third kappa shape index (κ3) is 3.01. The Morgan fingerprint density at radius 2 is 1.95 bits per heavy atom. The molecule has 1 saturated heterocycles. The van der Waals surface area contributed by atoms with Crippen molar-refractivity contribution in [2.45, 2.75) is 32.2 Å². The molecule has 0 radical (unpaired) electrons. The van der Waals surface area contributed by atoms with Crippen molar-refractivity contribution in [2.24, 2.45) is 0 Å². The van der Waals surface area contributed by atoms with Crippen LogP contribution in [0.25, 0.3) is 0 Å². The second kappa shape index (κ2) is 6.75. The Labute approximate surface area is 130 Å². The molecule has 2 aliphatic rings. The number of hydrogen-bond donors (Lipinski definition) is 2. The Kier molecular flexibility index (Phi) is 4.74. The molecule has 1 aromatic carbocycles. The first-order chi connectivity index (χ1) is 10.7. The number of allylic oxidation sites excluding steroid dienone is 1. The summed E-state index contributed by atoms with van der Waals surface area (Å²) in [6.07, 6.45) is 2.38. The SMILES string of the molecule is CC1=C(C(O)c2ccccc2CCO)C=C(C2OCCO2)C1. The van der Waals surface area contributed by atoms with Gasteiger partial charge >= 0.3 is 0 Å². The highest BCUT2D eigenvalue weighted by Gasteiger charge is 2.28. The third-order valence-electron chi connectivity index (χ3n) is 4.25. The smallest absolute Gasteiger partial charge is 0.180 e. The molecule has 1 unspecified atom stereocenters. The zero-order valence-electron chi connectivity index (χ0n) is 12.8. The minimum atomic E-state index is -0.679. The fourth-order valence-corrected chi connectivity index (χ4v) is 3.14. The molecular formula is C18H22O4. The predicted octanol–water partition coefficient (Wildman–Crippen LogP) is 2.27. The first-order valence-electron chi connectivity index (χ1n) is 7.70. The van der Waals surface area contributed by atoms with Gasteiger partial charge in [-0.1, -0.05) is 35.9 Å². The number of aliphatic hydroxyl groups is 2. The zero-order chi connectivity index (χ0) is 15.5. The van der Waals surface area contributed by atoms with Gasteiger partial charge in [0.2, 0.25) is 0 Å². The summed E-state index contributed by atoms with van der Waals surface area (Å²) < 4.78 is 11.1. The van der Waals surface area contributed by atoms with E-state index in [4.69, 9.17) is 9.47 Å². The van der Waals surface area contributed by atoms with Crippen molar-refractivity contribution in [3.05, 3.63) is 58.2 Å². The van der Waals surface area contributed by atoms with Crippen LogP contribution in [0.15, 0.2) is 47.1 Å². The Balaban J connectivity index is 1.85. The summed E-state index contributed by atoms with van der Waals surface area (Å²) in [5.74, 6) is 0. The average Bonchev–Trinajstić information content (AvgIpc) is 3.17. The van der Waals surface area contributed by atoms with E-state index in [1.54, 1.807) is 0 Å². The number of hydrogen-bond acceptors (Lipinski definition) is 4. The van der Waals surface area contributed by atoms with E-state index in [-0.39, 0.29) is 12.9 Å². The monoisotopic (exact) mass is 302 g/mol. The summed E-state index contributed by atoms with van der Waals surface area (Å²) in [5.41, 5.74) is 4.97. The second-order valence-corrected chi connectivity index (χ2v) is 5.78. The van der Waals surface area contributed by atoms with Gasteiger partial charge in [0.1, 0.15) is 6.10 Å². The number of ether oxygens (including phenoxy) is 2. The Morgan fingerprint density at radius 1 is 1.23 bits per heavy atom. The topological polar surface area (TPSA) is 58.9 Å². The molecule has 4 heteroatoms. The van der Waals surface area contributed by atoms with E-state index in [0.717, 1.165) is 34.3 Å². The second-order valence-electron chi connectivity index (χ2n) is 5.78. The van der Waals surface area contributed by atoms with Gasteiger partial charge in [-0.15, -0.1) is 0 Å². The van der Waals surface area contributed by atoms with E-state index in [9.17, 15) is 10.2 Å². The summed E-state index contributed by atoms with van der Waals surface area (Å²) in [7, 11) is 0. The van der Waals surface area contributed by atoms with Gasteiger partial charge in [-0.2, -0.15) is 0 Å². The maximum Gasteiger partial charge on any atom is 0.180 e. The minimum absolute atomic E-state index is 0.0760. The quantitative estimate of drug-likeness (QED) is 0.876. The molecule has 3 rings (SSSR count). The Hall–Kier alpha value is -1.46. The van der Waals surface area contributed by atoms with Gasteiger partial charge in [-0.25, -0.2) is 0 Å². The summed E-state index contributed by atoms with van der Waals surface area (Å²) in [4.78, 5) is 0. The van der Waals surface area contributed by atoms with Crippen molar-refractivity contribution >= 4 is 0 Å². The van der Waals surface area contributed by atoms with Crippen molar-refractivity contribution in [3.63, 3.8) is 0 Å². The number of rotatable bonds is 5. The molecular weight excluding hydrogens is 280 g/mol. The third-order valence-corrected chi connectivity index (χ3v) is 4.25. The summed E-state index contributed by atoms with van der Waals surface area (Å²) >= 11 is 0. The van der Waals surface area contributed by atoms with Crippen molar-refractivity contribution in [2.75, 3.05) is 19.8 Å². The summed E-state index contributed by atoms with van der Waals surface area (Å²) in [6.45, 7) is 3.36. The first-order valence-corrected chi connectivity index (χ1v) is 7.70. The van der Waals surface area contributed by atoms with Gasteiger partial charge in [0.05, 0.1) is 13.2 Å². The lowest BCUT2D eigenvalue weighted by Crippen LogP contribution is -2.10. The maximum atomic E-state index is 10.8. The lowest BCUT2D eigenvalue weighted by Gasteiger charge is -2.16. The molecule has 0 spiro atoms. The molecule has 1 atom stereocenters. The molecule has 2 N–H and O–H groups in total. The van der Waals surface area contributed by atoms with E-state index in [0.29, 0.717) is 19.6 Å². The predicted molar refractivity (Wildman–Crippen MR) is 83.3 cm³/mol. The standard InChI is InChI=1S/C18H22O4/c1-12-10-14(18-21-8-9-22-18)11-16(12)17(20)15-5-3-2-4-13(15)6-7-19/h2-5,11,17-20H,6-10H2,1H3. The van der Waals surface area contributed by atoms with Crippen molar-refractivity contribution in [1.82, 2.24) is 0 Å². The molecule has 4 nitrogen and oxygen atoms in total. The lowest BCUT2D eigenvalue weighted by molar-refractivity contribution is -0.0123. The fourth-order valence-electron chi connectivity index (χ4n) is 3.14. The van der Waals surface area contributed by atoms with Crippen LogP contribution in [0, 0.1) is 0 Å². The van der Waals surface area contributed by atoms with Crippen LogP contribution < -0.4 is 0 Å². The molecule has 1 heterocycles. The van der Waals surface area contributed by atoms with Crippen LogP contribution in [-0.2, 0) is 15.9 Å². The van der Waals surface area contributed by atoms with Crippen molar-refractivity contribution in [3.8, 4) is 0 Å². The summed E-state index contributed by atoms with van der Waals surface area (Å²) in [5, 5.41) is 20.0. The van der Waals surface area contributed by atoms with Crippen LogP contribution >= 0.6 is 0 Å². The van der Waals surface area contributed by atoms with Crippen LogP contribution in [0.5, 0.6) is 0 Å². The Bertz CT molecular complexity index is 597. The normalized spacial score (nSPS) is 20.6. The minimum Gasteiger partial charge on any atom is -0.396 e. The van der Waals surface area contributed by atoms with E-state index in [1.165, 1.54) is 0 Å². The van der Waals surface area contributed by atoms with Gasteiger partial charge < -0.3 is 19.7 Å². The van der Waals surface area contributed by atoms with E-state index < -0.39 is 6.10 Å². The molecule has 1 aliphatic heterocycles. The zero-order valence-corrected chi connectivity index (χ0v) is 12.8. The highest BCUT2D eigenvalue weighted by atomic mass is 16.7. The molecule has 22 heavy (non-hydrogen) atoms. The fraction of sp³-hybridized carbons (Fsp3) is 0.444. The average molecular weight is 302 g/mol. The first kappa shape index (κ1) is 15.4. The maximum absolute atomic E-state index is 10.8. The van der Waals surface area contributed by atoms with Gasteiger partial charge in [0, 0.05) is 6.61 Å². The van der Waals surface area contributed by atoms with Crippen LogP contribution in [0.1, 0.15) is 30.6 Å². The molecule has 0 saturated carbocycles. The van der Waals surface area contributed by atoms with Crippen LogP contribution in [0.3, 0.4) is 0 Å². The lowest BCUT2D eigenvalue weighted by atomic mass is 9.94. The van der Waals surface area contributed by atoms with Crippen LogP contribution in [0.2, 0.25) is 0 Å². The Morgan fingerprint density at radius 3 is 2.68 bits per heavy atom. The van der Waals surface area contributed by atoms with Gasteiger partial charge in [-0.05, 0) is 42.0 Å². The summed E-state index contributed by atoms with van der Waals surface area (Å²) in [6, 6.07) is 7.72. The van der Waals surface area contributed by atoms with Gasteiger partial charge in [-0.3, -0.25) is 0 Å². The highest BCUT2D eigenvalue weighted by Crippen LogP contribution is 2.37. The largest absolute Gasteiger partial charge is 0.396 e. The van der Waals surface area contributed by atoms with Crippen molar-refractivity contribution in [1.29, 1.82) is 0 Å². The van der Waals surface area contributed by atoms with E-state index in [1.807, 2.05) is 37.3 Å². The van der Waals surface area contributed by atoms with Gasteiger partial charge in [0.15, 0.2) is 6.29 Å². The van der Waals surface area contributed by atoms with Crippen LogP contribution in [0.4, 0.5) is 0 Å². The molecule has 0 aromatic heterocycles. The van der Waals surface area contributed by atoms with Gasteiger partial charge in [0.25, 0.3) is 0 Å².